The predicted molar refractivity (Wildman–Crippen MR) is 95.4 cm³/mol. The molecule has 1 N–H and O–H groups in total. The van der Waals surface area contributed by atoms with E-state index in [4.69, 9.17) is 21.1 Å². The molecule has 0 aliphatic heterocycles. The van der Waals surface area contributed by atoms with Gasteiger partial charge in [-0.2, -0.15) is 0 Å². The van der Waals surface area contributed by atoms with Crippen LogP contribution in [0.25, 0.3) is 11.1 Å². The summed E-state index contributed by atoms with van der Waals surface area (Å²) in [5, 5.41) is 9.92. The minimum absolute atomic E-state index is 0.434. The third-order valence-electron chi connectivity index (χ3n) is 4.01. The highest BCUT2D eigenvalue weighted by molar-refractivity contribution is 6.32. The zero-order valence-electron chi connectivity index (χ0n) is 14.2. The third kappa shape index (κ3) is 3.49. The highest BCUT2D eigenvalue weighted by atomic mass is 35.5. The van der Waals surface area contributed by atoms with Crippen molar-refractivity contribution in [1.29, 1.82) is 0 Å². The van der Waals surface area contributed by atoms with Crippen molar-refractivity contribution in [2.24, 2.45) is 0 Å². The van der Waals surface area contributed by atoms with Crippen molar-refractivity contribution in [2.75, 3.05) is 13.7 Å². The molecule has 5 heteroatoms. The van der Waals surface area contributed by atoms with E-state index >= 15 is 0 Å². The molecule has 0 fully saturated rings. The maximum atomic E-state index is 11.5. The minimum Gasteiger partial charge on any atom is -0.497 e. The van der Waals surface area contributed by atoms with E-state index in [1.54, 1.807) is 20.1 Å². The van der Waals surface area contributed by atoms with Crippen LogP contribution < -0.4 is 9.47 Å². The number of rotatable bonds is 6. The van der Waals surface area contributed by atoms with Crippen molar-refractivity contribution in [3.8, 4) is 22.6 Å². The number of hydrogen-bond donors (Lipinski definition) is 1. The van der Waals surface area contributed by atoms with Gasteiger partial charge in [-0.05, 0) is 50.1 Å². The van der Waals surface area contributed by atoms with Crippen molar-refractivity contribution in [3.05, 3.63) is 46.5 Å². The molecule has 2 aromatic carbocycles. The molecular weight excluding hydrogens is 328 g/mol. The first-order valence-corrected chi connectivity index (χ1v) is 8.11. The molecule has 0 aliphatic rings. The molecule has 0 amide bonds. The van der Waals surface area contributed by atoms with Gasteiger partial charge in [0.15, 0.2) is 0 Å². The Kier molecular flexibility index (Phi) is 5.73. The fourth-order valence-corrected chi connectivity index (χ4v) is 2.82. The molecular formula is C19H21ClO4. The molecule has 0 spiro atoms. The number of methoxy groups -OCH3 is 1. The van der Waals surface area contributed by atoms with Gasteiger partial charge in [-0.25, -0.2) is 0 Å². The summed E-state index contributed by atoms with van der Waals surface area (Å²) in [5.74, 6) is -0.326. The van der Waals surface area contributed by atoms with Gasteiger partial charge in [0, 0.05) is 16.1 Å². The number of carbonyl (C=O) groups is 1. The van der Waals surface area contributed by atoms with Gasteiger partial charge in [-0.15, -0.1) is 0 Å². The van der Waals surface area contributed by atoms with Crippen LogP contribution >= 0.6 is 11.6 Å². The summed E-state index contributed by atoms with van der Waals surface area (Å²) in [6.45, 7) is 5.84. The lowest BCUT2D eigenvalue weighted by atomic mass is 9.91. The topological polar surface area (TPSA) is 55.8 Å². The molecule has 0 saturated carbocycles. The minimum atomic E-state index is -0.920. The fraction of sp³-hybridized carbons (Fsp3) is 0.316. The van der Waals surface area contributed by atoms with Gasteiger partial charge < -0.3 is 14.6 Å². The Morgan fingerprint density at radius 3 is 2.42 bits per heavy atom. The number of halogens is 1. The van der Waals surface area contributed by atoms with Crippen molar-refractivity contribution < 1.29 is 19.4 Å². The first-order chi connectivity index (χ1) is 11.4. The summed E-state index contributed by atoms with van der Waals surface area (Å²) in [6, 6.07) is 9.22. The maximum absolute atomic E-state index is 11.5. The predicted octanol–water partition coefficient (Wildman–Crippen LogP) is 4.91. The van der Waals surface area contributed by atoms with E-state index in [1.165, 1.54) is 0 Å². The summed E-state index contributed by atoms with van der Waals surface area (Å²) in [6.07, 6.45) is 0. The van der Waals surface area contributed by atoms with E-state index < -0.39 is 11.9 Å². The molecule has 24 heavy (non-hydrogen) atoms. The average Bonchev–Trinajstić information content (AvgIpc) is 2.58. The molecule has 0 bridgehead atoms. The highest BCUT2D eigenvalue weighted by Gasteiger charge is 2.24. The van der Waals surface area contributed by atoms with Crippen molar-refractivity contribution in [2.45, 2.75) is 26.7 Å². The lowest BCUT2D eigenvalue weighted by Gasteiger charge is -2.21. The Hall–Kier alpha value is -2.20. The van der Waals surface area contributed by atoms with Crippen molar-refractivity contribution >= 4 is 17.6 Å². The molecule has 2 rings (SSSR count). The number of ether oxygens (including phenoxy) is 2. The zero-order chi connectivity index (χ0) is 17.9. The van der Waals surface area contributed by atoms with Crippen LogP contribution in [0.2, 0.25) is 5.02 Å². The summed E-state index contributed by atoms with van der Waals surface area (Å²) in [5.41, 5.74) is 3.14. The van der Waals surface area contributed by atoms with Crippen LogP contribution in [0.4, 0.5) is 0 Å². The first kappa shape index (κ1) is 18.1. The summed E-state index contributed by atoms with van der Waals surface area (Å²) in [7, 11) is 1.61. The zero-order valence-corrected chi connectivity index (χ0v) is 15.0. The SMILES string of the molecule is CCOc1c(C(C)C(=O)O)cc(Cl)c(C)c1-c1ccc(OC)cc1. The van der Waals surface area contributed by atoms with Gasteiger partial charge in [-0.1, -0.05) is 23.7 Å². The average molecular weight is 349 g/mol. The maximum Gasteiger partial charge on any atom is 0.310 e. The second-order valence-electron chi connectivity index (χ2n) is 5.50. The van der Waals surface area contributed by atoms with E-state index in [2.05, 4.69) is 0 Å². The largest absolute Gasteiger partial charge is 0.497 e. The number of aliphatic carboxylic acids is 1. The van der Waals surface area contributed by atoms with Crippen molar-refractivity contribution in [3.63, 3.8) is 0 Å². The van der Waals surface area contributed by atoms with E-state index in [-0.39, 0.29) is 0 Å². The summed E-state index contributed by atoms with van der Waals surface area (Å²) in [4.78, 5) is 11.5. The van der Waals surface area contributed by atoms with Gasteiger partial charge in [-0.3, -0.25) is 4.79 Å². The second kappa shape index (κ2) is 7.58. The summed E-state index contributed by atoms with van der Waals surface area (Å²) < 4.78 is 11.0. The molecule has 1 atom stereocenters. The lowest BCUT2D eigenvalue weighted by Crippen LogP contribution is -2.11. The van der Waals surface area contributed by atoms with Crippen LogP contribution in [0, 0.1) is 6.92 Å². The number of benzene rings is 2. The van der Waals surface area contributed by atoms with Crippen LogP contribution in [0.1, 0.15) is 30.9 Å². The molecule has 128 valence electrons. The normalized spacial score (nSPS) is 11.9. The number of carboxylic acids is 1. The monoisotopic (exact) mass is 348 g/mol. The Bertz CT molecular complexity index is 738. The fourth-order valence-electron chi connectivity index (χ4n) is 2.60. The van der Waals surface area contributed by atoms with Crippen LogP contribution in [0.15, 0.2) is 30.3 Å². The number of hydrogen-bond acceptors (Lipinski definition) is 3. The van der Waals surface area contributed by atoms with Crippen LogP contribution in [-0.2, 0) is 4.79 Å². The first-order valence-electron chi connectivity index (χ1n) is 7.73. The molecule has 0 aliphatic carbocycles. The van der Waals surface area contributed by atoms with Crippen molar-refractivity contribution in [1.82, 2.24) is 0 Å². The smallest absolute Gasteiger partial charge is 0.310 e. The van der Waals surface area contributed by atoms with Crippen LogP contribution in [0.3, 0.4) is 0 Å². The molecule has 4 nitrogen and oxygen atoms in total. The standard InChI is InChI=1S/C19H21ClO4/c1-5-24-18-15(11(2)19(21)22)10-16(20)12(3)17(18)13-6-8-14(23-4)9-7-13/h6-11H,5H2,1-4H3,(H,21,22). The van der Waals surface area contributed by atoms with Gasteiger partial charge >= 0.3 is 5.97 Å². The van der Waals surface area contributed by atoms with Crippen LogP contribution in [-0.4, -0.2) is 24.8 Å². The molecule has 0 radical (unpaired) electrons. The molecule has 0 heterocycles. The Morgan fingerprint density at radius 2 is 1.92 bits per heavy atom. The second-order valence-corrected chi connectivity index (χ2v) is 5.91. The molecule has 2 aromatic rings. The highest BCUT2D eigenvalue weighted by Crippen LogP contribution is 2.43. The summed E-state index contributed by atoms with van der Waals surface area (Å²) >= 11 is 6.38. The van der Waals surface area contributed by atoms with Gasteiger partial charge in [0.05, 0.1) is 19.6 Å². The lowest BCUT2D eigenvalue weighted by molar-refractivity contribution is -0.138. The van der Waals surface area contributed by atoms with E-state index in [9.17, 15) is 9.90 Å². The molecule has 0 aromatic heterocycles. The number of carboxylic acid groups (broad SMARTS) is 1. The van der Waals surface area contributed by atoms with E-state index in [0.29, 0.717) is 22.9 Å². The van der Waals surface area contributed by atoms with E-state index in [0.717, 1.165) is 22.4 Å². The Labute approximate surface area is 147 Å². The van der Waals surface area contributed by atoms with E-state index in [1.807, 2.05) is 38.1 Å². The quantitative estimate of drug-likeness (QED) is 0.805. The molecule has 1 unspecified atom stereocenters. The van der Waals surface area contributed by atoms with Crippen LogP contribution in [0.5, 0.6) is 11.5 Å². The Morgan fingerprint density at radius 1 is 1.29 bits per heavy atom. The molecule has 0 saturated heterocycles. The third-order valence-corrected chi connectivity index (χ3v) is 4.40. The van der Waals surface area contributed by atoms with Gasteiger partial charge in [0.1, 0.15) is 11.5 Å². The Balaban J connectivity index is 2.73. The van der Waals surface area contributed by atoms with Gasteiger partial charge in [0.2, 0.25) is 0 Å². The van der Waals surface area contributed by atoms with Gasteiger partial charge in [0.25, 0.3) is 0 Å².